The van der Waals surface area contributed by atoms with Crippen LogP contribution in [0.2, 0.25) is 0 Å². The van der Waals surface area contributed by atoms with Crippen molar-refractivity contribution in [3.63, 3.8) is 0 Å². The van der Waals surface area contributed by atoms with Crippen LogP contribution in [0, 0.1) is 0 Å². The molecule has 1 amide bonds. The minimum atomic E-state index is 0.159. The van der Waals surface area contributed by atoms with Gasteiger partial charge < -0.3 is 9.88 Å². The molecular weight excluding hydrogens is 250 g/mol. The highest BCUT2D eigenvalue weighted by atomic mass is 16.2. The van der Waals surface area contributed by atoms with Gasteiger partial charge in [-0.15, -0.1) is 0 Å². The zero-order valence-electron chi connectivity index (χ0n) is 11.9. The van der Waals surface area contributed by atoms with Crippen molar-refractivity contribution in [2.24, 2.45) is 0 Å². The molecular formula is C16H21N3O. The minimum absolute atomic E-state index is 0.159. The molecule has 1 aliphatic rings. The number of hydrogen-bond acceptors (Lipinski definition) is 2. The number of benzene rings is 1. The van der Waals surface area contributed by atoms with Gasteiger partial charge in [-0.3, -0.25) is 9.69 Å². The van der Waals surface area contributed by atoms with Crippen LogP contribution in [0.1, 0.15) is 23.7 Å². The summed E-state index contributed by atoms with van der Waals surface area (Å²) in [5.41, 5.74) is 1.84. The van der Waals surface area contributed by atoms with Crippen molar-refractivity contribution in [3.8, 4) is 0 Å². The van der Waals surface area contributed by atoms with Crippen molar-refractivity contribution in [3.05, 3.63) is 36.0 Å². The first-order chi connectivity index (χ1) is 9.79. The van der Waals surface area contributed by atoms with Crippen molar-refractivity contribution >= 4 is 16.8 Å². The van der Waals surface area contributed by atoms with E-state index in [1.54, 1.807) is 0 Å². The van der Waals surface area contributed by atoms with E-state index in [4.69, 9.17) is 0 Å². The van der Waals surface area contributed by atoms with Gasteiger partial charge in [-0.25, -0.2) is 0 Å². The third kappa shape index (κ3) is 2.43. The molecule has 1 aliphatic heterocycles. The summed E-state index contributed by atoms with van der Waals surface area (Å²) in [4.78, 5) is 20.2. The van der Waals surface area contributed by atoms with E-state index in [9.17, 15) is 4.79 Å². The van der Waals surface area contributed by atoms with Crippen molar-refractivity contribution in [2.45, 2.75) is 13.3 Å². The third-order valence-electron chi connectivity index (χ3n) is 4.02. The summed E-state index contributed by atoms with van der Waals surface area (Å²) < 4.78 is 0. The van der Waals surface area contributed by atoms with Crippen LogP contribution < -0.4 is 0 Å². The lowest BCUT2D eigenvalue weighted by atomic mass is 10.1. The Morgan fingerprint density at radius 1 is 1.20 bits per heavy atom. The summed E-state index contributed by atoms with van der Waals surface area (Å²) in [5.74, 6) is 0.159. The maximum absolute atomic E-state index is 12.7. The summed E-state index contributed by atoms with van der Waals surface area (Å²) in [6.07, 6.45) is 3.07. The number of aromatic amines is 1. The Kier molecular flexibility index (Phi) is 3.74. The Morgan fingerprint density at radius 2 is 2.00 bits per heavy atom. The molecule has 0 spiro atoms. The predicted molar refractivity (Wildman–Crippen MR) is 80.9 cm³/mol. The number of hydrogen-bond donors (Lipinski definition) is 1. The molecule has 0 atom stereocenters. The number of aromatic nitrogens is 1. The monoisotopic (exact) mass is 271 g/mol. The van der Waals surface area contributed by atoms with Crippen LogP contribution in [0.4, 0.5) is 0 Å². The van der Waals surface area contributed by atoms with Crippen molar-refractivity contribution < 1.29 is 4.79 Å². The fraction of sp³-hybridized carbons (Fsp3) is 0.438. The number of carbonyl (C=O) groups excluding carboxylic acids is 1. The van der Waals surface area contributed by atoms with E-state index in [0.717, 1.165) is 49.2 Å². The van der Waals surface area contributed by atoms with Gasteiger partial charge in [0.05, 0.1) is 0 Å². The van der Waals surface area contributed by atoms with E-state index in [1.165, 1.54) is 6.42 Å². The number of H-pyrrole nitrogens is 1. The van der Waals surface area contributed by atoms with E-state index in [2.05, 4.69) is 16.8 Å². The number of amides is 1. The predicted octanol–water partition coefficient (Wildman–Crippen LogP) is 2.34. The number of carbonyl (C=O) groups is 1. The number of nitrogens with one attached hydrogen (secondary N) is 1. The van der Waals surface area contributed by atoms with Gasteiger partial charge in [0.15, 0.2) is 0 Å². The Labute approximate surface area is 119 Å². The van der Waals surface area contributed by atoms with Crippen molar-refractivity contribution in [2.75, 3.05) is 32.7 Å². The molecule has 2 heterocycles. The third-order valence-corrected chi connectivity index (χ3v) is 4.02. The van der Waals surface area contributed by atoms with Crippen LogP contribution in [-0.4, -0.2) is 53.4 Å². The van der Waals surface area contributed by atoms with Gasteiger partial charge in [-0.05, 0) is 31.2 Å². The molecule has 2 aromatic rings. The van der Waals surface area contributed by atoms with E-state index in [1.807, 2.05) is 35.4 Å². The SMILES string of the molecule is CCCN1CCN(C(=O)c2cccc3[nH]ccc23)CC1. The first-order valence-electron chi connectivity index (χ1n) is 7.37. The van der Waals surface area contributed by atoms with Crippen LogP contribution in [0.3, 0.4) is 0 Å². The maximum Gasteiger partial charge on any atom is 0.254 e. The second-order valence-corrected chi connectivity index (χ2v) is 5.38. The Hall–Kier alpha value is -1.81. The molecule has 4 heteroatoms. The second-order valence-electron chi connectivity index (χ2n) is 5.38. The molecule has 106 valence electrons. The largest absolute Gasteiger partial charge is 0.361 e. The average Bonchev–Trinajstić information content (AvgIpc) is 2.96. The Balaban J connectivity index is 1.75. The van der Waals surface area contributed by atoms with Gasteiger partial charge in [0.25, 0.3) is 5.91 Å². The highest BCUT2D eigenvalue weighted by Gasteiger charge is 2.22. The quantitative estimate of drug-likeness (QED) is 0.930. The van der Waals surface area contributed by atoms with E-state index >= 15 is 0 Å². The molecule has 0 unspecified atom stereocenters. The molecule has 1 aromatic heterocycles. The summed E-state index contributed by atoms with van der Waals surface area (Å²) in [5, 5.41) is 1.02. The van der Waals surface area contributed by atoms with Crippen LogP contribution >= 0.6 is 0 Å². The fourth-order valence-corrected chi connectivity index (χ4v) is 2.93. The average molecular weight is 271 g/mol. The molecule has 1 fully saturated rings. The smallest absolute Gasteiger partial charge is 0.254 e. The highest BCUT2D eigenvalue weighted by molar-refractivity contribution is 6.06. The summed E-state index contributed by atoms with van der Waals surface area (Å²) >= 11 is 0. The molecule has 3 rings (SSSR count). The summed E-state index contributed by atoms with van der Waals surface area (Å²) in [6, 6.07) is 7.86. The molecule has 1 aromatic carbocycles. The molecule has 0 saturated carbocycles. The molecule has 1 N–H and O–H groups in total. The lowest BCUT2D eigenvalue weighted by Gasteiger charge is -2.34. The van der Waals surface area contributed by atoms with Gasteiger partial charge in [0.1, 0.15) is 0 Å². The first-order valence-corrected chi connectivity index (χ1v) is 7.37. The van der Waals surface area contributed by atoms with Crippen LogP contribution in [-0.2, 0) is 0 Å². The lowest BCUT2D eigenvalue weighted by molar-refractivity contribution is 0.0639. The molecule has 4 nitrogen and oxygen atoms in total. The zero-order chi connectivity index (χ0) is 13.9. The standard InChI is InChI=1S/C16H21N3O/c1-2-8-18-9-11-19(12-10-18)16(20)14-4-3-5-15-13(14)6-7-17-15/h3-7,17H,2,8-12H2,1H3. The van der Waals surface area contributed by atoms with Crippen molar-refractivity contribution in [1.82, 2.24) is 14.8 Å². The molecule has 0 aliphatic carbocycles. The number of nitrogens with zero attached hydrogens (tertiary/aromatic N) is 2. The van der Waals surface area contributed by atoms with Gasteiger partial charge in [0.2, 0.25) is 0 Å². The van der Waals surface area contributed by atoms with E-state index in [0.29, 0.717) is 0 Å². The lowest BCUT2D eigenvalue weighted by Crippen LogP contribution is -2.48. The topological polar surface area (TPSA) is 39.3 Å². The maximum atomic E-state index is 12.7. The van der Waals surface area contributed by atoms with Crippen LogP contribution in [0.15, 0.2) is 30.5 Å². The molecule has 0 radical (unpaired) electrons. The zero-order valence-corrected chi connectivity index (χ0v) is 11.9. The van der Waals surface area contributed by atoms with Gasteiger partial charge in [-0.1, -0.05) is 13.0 Å². The molecule has 0 bridgehead atoms. The second kappa shape index (κ2) is 5.67. The number of piperazine rings is 1. The first kappa shape index (κ1) is 13.2. The Bertz CT molecular complexity index is 597. The Morgan fingerprint density at radius 3 is 2.75 bits per heavy atom. The molecule has 1 saturated heterocycles. The van der Waals surface area contributed by atoms with Gasteiger partial charge >= 0.3 is 0 Å². The summed E-state index contributed by atoms with van der Waals surface area (Å²) in [7, 11) is 0. The van der Waals surface area contributed by atoms with Crippen molar-refractivity contribution in [1.29, 1.82) is 0 Å². The van der Waals surface area contributed by atoms with Crippen LogP contribution in [0.25, 0.3) is 10.9 Å². The highest BCUT2D eigenvalue weighted by Crippen LogP contribution is 2.19. The van der Waals surface area contributed by atoms with E-state index in [-0.39, 0.29) is 5.91 Å². The van der Waals surface area contributed by atoms with E-state index < -0.39 is 0 Å². The molecule has 20 heavy (non-hydrogen) atoms. The number of fused-ring (bicyclic) bond motifs is 1. The van der Waals surface area contributed by atoms with Crippen LogP contribution in [0.5, 0.6) is 0 Å². The number of rotatable bonds is 3. The minimum Gasteiger partial charge on any atom is -0.361 e. The fourth-order valence-electron chi connectivity index (χ4n) is 2.93. The van der Waals surface area contributed by atoms with Gasteiger partial charge in [0, 0.05) is 48.8 Å². The normalized spacial score (nSPS) is 16.8. The summed E-state index contributed by atoms with van der Waals surface area (Å²) in [6.45, 7) is 6.98. The van der Waals surface area contributed by atoms with Gasteiger partial charge in [-0.2, -0.15) is 0 Å².